The van der Waals surface area contributed by atoms with E-state index in [0.29, 0.717) is 11.4 Å². The predicted molar refractivity (Wildman–Crippen MR) is 83.2 cm³/mol. The van der Waals surface area contributed by atoms with Gasteiger partial charge >= 0.3 is 0 Å². The Bertz CT molecular complexity index is 740. The van der Waals surface area contributed by atoms with Crippen LogP contribution in [0.5, 0.6) is 0 Å². The molecule has 6 heteroatoms. The highest BCUT2D eigenvalue weighted by atomic mass is 79.9. The summed E-state index contributed by atoms with van der Waals surface area (Å²) in [6.45, 7) is 1.55. The lowest BCUT2D eigenvalue weighted by Crippen LogP contribution is -2.36. The van der Waals surface area contributed by atoms with Crippen LogP contribution in [0.15, 0.2) is 45.8 Å². The summed E-state index contributed by atoms with van der Waals surface area (Å²) in [4.78, 5) is 0.319. The highest BCUT2D eigenvalue weighted by Gasteiger charge is 2.22. The molecule has 1 saturated heterocycles. The third kappa shape index (κ3) is 2.88. The first-order valence-electron chi connectivity index (χ1n) is 6.47. The highest BCUT2D eigenvalue weighted by molar-refractivity contribution is 9.10. The second kappa shape index (κ2) is 5.44. The van der Waals surface area contributed by atoms with Gasteiger partial charge in [-0.15, -0.1) is 0 Å². The molecule has 1 atom stereocenters. The molecule has 4 nitrogen and oxygen atoms in total. The fourth-order valence-electron chi connectivity index (χ4n) is 2.40. The van der Waals surface area contributed by atoms with E-state index in [9.17, 15) is 8.42 Å². The van der Waals surface area contributed by atoms with Crippen molar-refractivity contribution in [1.82, 2.24) is 10.0 Å². The van der Waals surface area contributed by atoms with Gasteiger partial charge in [0, 0.05) is 17.1 Å². The summed E-state index contributed by atoms with van der Waals surface area (Å²) in [5.41, 5.74) is 0. The van der Waals surface area contributed by atoms with Crippen LogP contribution < -0.4 is 10.0 Å². The average Bonchev–Trinajstić information content (AvgIpc) is 2.90. The highest BCUT2D eigenvalue weighted by Crippen LogP contribution is 2.23. The maximum Gasteiger partial charge on any atom is 0.240 e. The van der Waals surface area contributed by atoms with Crippen LogP contribution in [0, 0.1) is 0 Å². The van der Waals surface area contributed by atoms with Crippen molar-refractivity contribution >= 4 is 36.7 Å². The number of nitrogens with one attached hydrogen (secondary N) is 2. The molecule has 1 heterocycles. The summed E-state index contributed by atoms with van der Waals surface area (Å²) in [5, 5.41) is 5.08. The maximum atomic E-state index is 12.4. The Morgan fingerprint density at radius 1 is 1.15 bits per heavy atom. The van der Waals surface area contributed by atoms with Crippen LogP contribution in [0.25, 0.3) is 10.8 Å². The van der Waals surface area contributed by atoms with Crippen molar-refractivity contribution in [3.8, 4) is 0 Å². The van der Waals surface area contributed by atoms with Crippen molar-refractivity contribution in [2.24, 2.45) is 0 Å². The smallest absolute Gasteiger partial charge is 0.240 e. The molecule has 1 aliphatic heterocycles. The van der Waals surface area contributed by atoms with Crippen LogP contribution in [0.1, 0.15) is 6.42 Å². The van der Waals surface area contributed by atoms with Crippen molar-refractivity contribution in [3.05, 3.63) is 40.9 Å². The van der Waals surface area contributed by atoms with Crippen LogP contribution in [-0.2, 0) is 10.0 Å². The lowest BCUT2D eigenvalue weighted by Gasteiger charge is -2.12. The van der Waals surface area contributed by atoms with Crippen LogP contribution in [0.4, 0.5) is 0 Å². The quantitative estimate of drug-likeness (QED) is 0.888. The molecule has 0 radical (unpaired) electrons. The number of halogens is 1. The zero-order valence-corrected chi connectivity index (χ0v) is 13.2. The second-order valence-corrected chi connectivity index (χ2v) is 7.59. The Morgan fingerprint density at radius 3 is 2.65 bits per heavy atom. The third-order valence-electron chi connectivity index (χ3n) is 3.47. The van der Waals surface area contributed by atoms with E-state index in [0.717, 1.165) is 28.2 Å². The first kappa shape index (κ1) is 14.0. The molecule has 3 rings (SSSR count). The fraction of sp³-hybridized carbons (Fsp3) is 0.286. The van der Waals surface area contributed by atoms with Crippen LogP contribution in [0.3, 0.4) is 0 Å². The Kier molecular flexibility index (Phi) is 3.81. The molecule has 0 aliphatic carbocycles. The fourth-order valence-corrected chi connectivity index (χ4v) is 4.09. The monoisotopic (exact) mass is 354 g/mol. The third-order valence-corrected chi connectivity index (χ3v) is 5.48. The zero-order chi connectivity index (χ0) is 14.2. The Balaban J connectivity index is 1.94. The van der Waals surface area contributed by atoms with E-state index < -0.39 is 10.0 Å². The molecule has 0 amide bonds. The van der Waals surface area contributed by atoms with E-state index in [1.165, 1.54) is 0 Å². The molecule has 106 valence electrons. The van der Waals surface area contributed by atoms with Crippen molar-refractivity contribution in [2.45, 2.75) is 17.4 Å². The number of sulfonamides is 1. The topological polar surface area (TPSA) is 58.2 Å². The molecule has 2 aromatic rings. The molecule has 0 aromatic heterocycles. The van der Waals surface area contributed by atoms with Gasteiger partial charge in [0.25, 0.3) is 0 Å². The first-order chi connectivity index (χ1) is 9.54. The number of hydrogen-bond acceptors (Lipinski definition) is 3. The van der Waals surface area contributed by atoms with E-state index in [1.807, 2.05) is 24.3 Å². The molecule has 0 bridgehead atoms. The maximum absolute atomic E-state index is 12.4. The van der Waals surface area contributed by atoms with Crippen LogP contribution in [0.2, 0.25) is 0 Å². The summed E-state index contributed by atoms with van der Waals surface area (Å²) in [5.74, 6) is 0. The lowest BCUT2D eigenvalue weighted by molar-refractivity contribution is 0.560. The zero-order valence-electron chi connectivity index (χ0n) is 10.8. The number of fused-ring (bicyclic) bond motifs is 1. The van der Waals surface area contributed by atoms with Gasteiger partial charge in [-0.2, -0.15) is 0 Å². The van der Waals surface area contributed by atoms with Gasteiger partial charge < -0.3 is 5.32 Å². The van der Waals surface area contributed by atoms with Gasteiger partial charge in [0.1, 0.15) is 0 Å². The summed E-state index contributed by atoms with van der Waals surface area (Å²) in [6, 6.07) is 11.0. The normalized spacial score (nSPS) is 19.6. The van der Waals surface area contributed by atoms with Crippen LogP contribution in [-0.4, -0.2) is 27.5 Å². The molecule has 0 spiro atoms. The number of rotatable bonds is 3. The van der Waals surface area contributed by atoms with Crippen molar-refractivity contribution < 1.29 is 8.42 Å². The predicted octanol–water partition coefficient (Wildman–Crippen LogP) is 2.24. The van der Waals surface area contributed by atoms with E-state index in [-0.39, 0.29) is 6.04 Å². The summed E-state index contributed by atoms with van der Waals surface area (Å²) >= 11 is 3.41. The first-order valence-corrected chi connectivity index (χ1v) is 8.75. The van der Waals surface area contributed by atoms with E-state index >= 15 is 0 Å². The minimum absolute atomic E-state index is 0.0133. The lowest BCUT2D eigenvalue weighted by atomic mass is 10.1. The van der Waals surface area contributed by atoms with Crippen molar-refractivity contribution in [3.63, 3.8) is 0 Å². The summed E-state index contributed by atoms with van der Waals surface area (Å²) < 4.78 is 28.4. The molecule has 1 fully saturated rings. The summed E-state index contributed by atoms with van der Waals surface area (Å²) in [6.07, 6.45) is 0.833. The SMILES string of the molecule is O=S(=O)(NC1CCNC1)c1ccc2cc(Br)ccc2c1. The van der Waals surface area contributed by atoms with Crippen molar-refractivity contribution in [1.29, 1.82) is 0 Å². The van der Waals surface area contributed by atoms with Crippen LogP contribution >= 0.6 is 15.9 Å². The van der Waals surface area contributed by atoms with Gasteiger partial charge in [-0.1, -0.05) is 28.1 Å². The van der Waals surface area contributed by atoms with Gasteiger partial charge in [-0.05, 0) is 48.0 Å². The molecule has 20 heavy (non-hydrogen) atoms. The van der Waals surface area contributed by atoms with Gasteiger partial charge in [-0.25, -0.2) is 13.1 Å². The molecular weight excluding hydrogens is 340 g/mol. The molecular formula is C14H15BrN2O2S. The molecule has 2 aromatic carbocycles. The number of hydrogen-bond donors (Lipinski definition) is 2. The Labute approximate surface area is 126 Å². The van der Waals surface area contributed by atoms with E-state index in [4.69, 9.17) is 0 Å². The van der Waals surface area contributed by atoms with Gasteiger partial charge in [0.15, 0.2) is 0 Å². The largest absolute Gasteiger partial charge is 0.315 e. The molecule has 1 aliphatic rings. The molecule has 0 saturated carbocycles. The molecule has 1 unspecified atom stereocenters. The van der Waals surface area contributed by atoms with Gasteiger partial charge in [0.2, 0.25) is 10.0 Å². The minimum atomic E-state index is -3.45. The van der Waals surface area contributed by atoms with Gasteiger partial charge in [0.05, 0.1) is 4.90 Å². The Morgan fingerprint density at radius 2 is 1.90 bits per heavy atom. The standard InChI is InChI=1S/C14H15BrN2O2S/c15-12-3-1-11-8-14(4-2-10(11)7-12)20(18,19)17-13-5-6-16-9-13/h1-4,7-8,13,16-17H,5-6,9H2. The Hall–Kier alpha value is -0.950. The second-order valence-electron chi connectivity index (χ2n) is 4.96. The number of benzene rings is 2. The molecule has 2 N–H and O–H groups in total. The summed E-state index contributed by atoms with van der Waals surface area (Å²) in [7, 11) is -3.45. The van der Waals surface area contributed by atoms with Crippen molar-refractivity contribution in [2.75, 3.05) is 13.1 Å². The van der Waals surface area contributed by atoms with E-state index in [2.05, 4.69) is 26.0 Å². The van der Waals surface area contributed by atoms with Gasteiger partial charge in [-0.3, -0.25) is 0 Å². The average molecular weight is 355 g/mol. The van der Waals surface area contributed by atoms with E-state index in [1.54, 1.807) is 12.1 Å². The minimum Gasteiger partial charge on any atom is -0.315 e.